The van der Waals surface area contributed by atoms with Gasteiger partial charge in [-0.15, -0.1) is 0 Å². The van der Waals surface area contributed by atoms with E-state index in [9.17, 15) is 22.8 Å². The first-order valence-corrected chi connectivity index (χ1v) is 44.3. The van der Waals surface area contributed by atoms with Crippen LogP contribution in [0.4, 0.5) is 5.69 Å². The van der Waals surface area contributed by atoms with Gasteiger partial charge in [-0.25, -0.2) is 49.8 Å². The van der Waals surface area contributed by atoms with Gasteiger partial charge in [0.25, 0.3) is 10.1 Å². The molecule has 13 rings (SSSR count). The number of likely N-dealkylation sites (tertiary alicyclic amines) is 2. The number of nitrogens with two attached hydrogens (primary N) is 1. The molecule has 10 aromatic rings. The number of benzene rings is 5. The molecule has 0 saturated carbocycles. The van der Waals surface area contributed by atoms with Crippen LogP contribution in [-0.4, -0.2) is 199 Å². The molecular weight excluding hydrogens is 1880 g/mol. The molecule has 3 aliphatic rings. The third-order valence-corrected chi connectivity index (χ3v) is 21.5. The molecule has 0 spiro atoms. The van der Waals surface area contributed by atoms with Gasteiger partial charge < -0.3 is 51.1 Å². The zero-order valence-corrected chi connectivity index (χ0v) is 76.6. The van der Waals surface area contributed by atoms with Crippen LogP contribution in [0.15, 0.2) is 206 Å². The van der Waals surface area contributed by atoms with Gasteiger partial charge in [-0.1, -0.05) is 109 Å². The van der Waals surface area contributed by atoms with Gasteiger partial charge in [-0.2, -0.15) is 8.42 Å². The van der Waals surface area contributed by atoms with Crippen LogP contribution in [0.1, 0.15) is 112 Å². The number of carboxylic acids is 1. The molecule has 7 N–H and O–H groups in total. The van der Waals surface area contributed by atoms with E-state index in [0.717, 1.165) is 203 Å². The van der Waals surface area contributed by atoms with Crippen LogP contribution in [0.3, 0.4) is 0 Å². The number of rotatable bonds is 25. The number of carbonyl (C=O) groups excluding carboxylic acids is 2. The minimum atomic E-state index is -3.37. The molecule has 632 valence electrons. The molecule has 0 aliphatic carbocycles. The number of carbonyl (C=O) groups is 3. The van der Waals surface area contributed by atoms with Crippen molar-refractivity contribution in [3.05, 3.63) is 284 Å². The first kappa shape index (κ1) is 102. The maximum atomic E-state index is 11.6. The molecule has 0 amide bonds. The van der Waals surface area contributed by atoms with E-state index in [2.05, 4.69) is 210 Å². The molecule has 34 heteroatoms. The van der Waals surface area contributed by atoms with E-state index in [0.29, 0.717) is 25.7 Å². The van der Waals surface area contributed by atoms with E-state index in [1.54, 1.807) is 62.0 Å². The minimum Gasteiger partial charge on any atom is -0.870 e. The summed E-state index contributed by atoms with van der Waals surface area (Å²) in [7, 11) is -0.445. The average Bonchev–Trinajstić information content (AvgIpc) is 0.881. The third-order valence-electron chi connectivity index (χ3n) is 18.7. The van der Waals surface area contributed by atoms with Gasteiger partial charge in [0.2, 0.25) is 5.28 Å². The quantitative estimate of drug-likeness (QED) is 0.0117. The second-order valence-electron chi connectivity index (χ2n) is 27.5. The van der Waals surface area contributed by atoms with Crippen LogP contribution >= 0.6 is 91.3 Å². The van der Waals surface area contributed by atoms with E-state index < -0.39 is 16.1 Å². The Morgan fingerprint density at radius 2 is 0.697 bits per heavy atom. The largest absolute Gasteiger partial charge is 1.00 e. The van der Waals surface area contributed by atoms with Crippen molar-refractivity contribution < 1.29 is 76.1 Å². The fraction of sp³-hybridized carbons (Fsp3) is 0.376. The van der Waals surface area contributed by atoms with Gasteiger partial charge in [0.1, 0.15) is 23.3 Å². The van der Waals surface area contributed by atoms with Crippen LogP contribution < -0.4 is 29.9 Å². The van der Waals surface area contributed by atoms with Crippen LogP contribution in [0.2, 0.25) is 5.28 Å². The topological polar surface area (TPSA) is 377 Å². The molecule has 0 unspecified atom stereocenters. The molecule has 3 aliphatic heterocycles. The number of hydrogen-bond acceptors (Lipinski definition) is 25. The van der Waals surface area contributed by atoms with Crippen molar-refractivity contribution in [1.82, 2.24) is 65.0 Å². The zero-order valence-electron chi connectivity index (χ0n) is 67.1. The van der Waals surface area contributed by atoms with Gasteiger partial charge >= 0.3 is 36.8 Å². The van der Waals surface area contributed by atoms with Crippen molar-refractivity contribution >= 4 is 125 Å². The second-order valence-corrected chi connectivity index (χ2v) is 34.1. The number of nitrogens with one attached hydrogen (secondary N) is 1. The second kappa shape index (κ2) is 57.1. The molecule has 0 radical (unpaired) electrons. The first-order valence-electron chi connectivity index (χ1n) is 38.1. The number of aromatic nitrogens is 10. The number of carboxylic acid groups (broad SMARTS) is 1. The number of piperidine rings is 3. The number of anilines is 1. The van der Waals surface area contributed by atoms with Gasteiger partial charge in [0.15, 0.2) is 0 Å². The van der Waals surface area contributed by atoms with Gasteiger partial charge in [-0.05, 0) is 263 Å². The number of halogens is 6. The summed E-state index contributed by atoms with van der Waals surface area (Å²) in [5, 5.41) is 29.9. The van der Waals surface area contributed by atoms with Crippen LogP contribution in [0.5, 0.6) is 0 Å². The van der Waals surface area contributed by atoms with Crippen LogP contribution in [0.25, 0.3) is 0 Å². The number of esters is 2. The SMILES string of the molecule is COC(=O)C1CCN(CCc2ccc(Cc3ncc(Br)cn3)cc2)CC1.COC(=O)C1CCNCC1.CS(=O)(=O)OCCc1ccc(Cc2ncc(Br)cn2)cc1.Clc1ncc(Br)cn1.Nc1ccc(CCO)cc1.O=C(O)C1CCN(CCc2ccc(Cc3ncc(Br)cn3)cc2)CC1.OCCc1ccc(Cc2ncc(Br)cn2)cc1.[Li+].[OH-]. The smallest absolute Gasteiger partial charge is 0.870 e. The summed E-state index contributed by atoms with van der Waals surface area (Å²) >= 11 is 21.8. The number of hydrogen-bond donors (Lipinski definition) is 5. The maximum Gasteiger partial charge on any atom is 1.00 e. The van der Waals surface area contributed by atoms with E-state index >= 15 is 0 Å². The van der Waals surface area contributed by atoms with Crippen molar-refractivity contribution in [2.75, 3.05) is 98.4 Å². The monoisotopic (exact) mass is 1980 g/mol. The standard InChI is InChI=1S/C20H24BrN3O2.C19H22BrN3O2.C14H15BrN2O3S.C13H13BrN2O.C8H11NO.C7H13NO2.C4H2BrClN2.Li.H2O/c1-26-20(25)17-7-10-24(11-8-17)9-6-15-2-4-16(5-3-15)12-19-22-13-18(21)14-23-19;20-17-12-21-18(22-13-17)11-15-3-1-14(2-4-15)5-8-23-9-6-16(7-10-23)19(24)25;1-21(18,19)20-7-6-11-2-4-12(5-3-11)8-14-16-9-13(15)10-17-14;14-12-8-15-13(16-9-12)7-11-3-1-10(2-4-11)5-6-17;9-8-3-1-7(2-4-8)5-6-10;1-10-7(9)6-2-4-8-5-3-6;5-3-1-7-4(6)8-2-3;;/h2-5,13-14,17H,6-12H2,1H3;1-4,12-13,16H,5-11H2,(H,24,25);2-5,9-10H,6-8H2,1H3;1-4,8-9,17H,5-7H2;1-4,10H,5-6,9H2;6,8H,2-5H2,1H3;1-2H;;1H2/q;;;;;;;+1;/p-1. The molecule has 0 atom stereocenters. The summed E-state index contributed by atoms with van der Waals surface area (Å²) in [5.41, 5.74) is 16.9. The molecule has 119 heavy (non-hydrogen) atoms. The van der Waals surface area contributed by atoms with Crippen molar-refractivity contribution in [1.29, 1.82) is 0 Å². The van der Waals surface area contributed by atoms with E-state index in [4.69, 9.17) is 41.6 Å². The number of aliphatic hydroxyl groups excluding tert-OH is 2. The fourth-order valence-corrected chi connectivity index (χ4v) is 13.6. The average molecular weight is 1980 g/mol. The maximum absolute atomic E-state index is 11.6. The summed E-state index contributed by atoms with van der Waals surface area (Å²) in [4.78, 5) is 79.8. The summed E-state index contributed by atoms with van der Waals surface area (Å²) < 4.78 is 40.3. The Morgan fingerprint density at radius 1 is 0.437 bits per heavy atom. The molecule has 5 aromatic heterocycles. The number of aliphatic carboxylic acids is 1. The van der Waals surface area contributed by atoms with Crippen LogP contribution in [0, 0.1) is 17.8 Å². The summed E-state index contributed by atoms with van der Waals surface area (Å²) in [6.07, 6.45) is 30.3. The summed E-state index contributed by atoms with van der Waals surface area (Å²) in [5.74, 6) is 2.52. The van der Waals surface area contributed by atoms with Gasteiger partial charge in [0.05, 0.1) is 67.2 Å². The van der Waals surface area contributed by atoms with E-state index in [-0.39, 0.29) is 79.1 Å². The predicted molar refractivity (Wildman–Crippen MR) is 473 cm³/mol. The van der Waals surface area contributed by atoms with E-state index in [1.165, 1.54) is 42.0 Å². The molecular formula is C85H101Br5ClLiN14O12S. The van der Waals surface area contributed by atoms with Gasteiger partial charge in [-0.3, -0.25) is 18.6 Å². The number of methoxy groups -OCH3 is 2. The Bertz CT molecular complexity index is 4600. The normalized spacial score (nSPS) is 13.5. The number of nitrogen functional groups attached to an aromatic ring is 1. The Kier molecular flexibility index (Phi) is 49.1. The minimum absolute atomic E-state index is 0. The van der Waals surface area contributed by atoms with Crippen molar-refractivity contribution in [2.45, 2.75) is 96.3 Å². The zero-order chi connectivity index (χ0) is 84.2. The fourth-order valence-electron chi connectivity index (χ4n) is 12.1. The first-order chi connectivity index (χ1) is 56.4. The van der Waals surface area contributed by atoms with Crippen molar-refractivity contribution in [2.24, 2.45) is 17.8 Å². The number of ether oxygens (including phenoxy) is 2. The molecule has 3 fully saturated rings. The molecule has 3 saturated heterocycles. The Balaban J connectivity index is 0.000000255. The number of aliphatic hydroxyl groups is 2. The third kappa shape index (κ3) is 42.3. The van der Waals surface area contributed by atoms with Crippen molar-refractivity contribution in [3.63, 3.8) is 0 Å². The summed E-state index contributed by atoms with van der Waals surface area (Å²) in [6.45, 7) is 8.17. The van der Waals surface area contributed by atoms with Crippen molar-refractivity contribution in [3.8, 4) is 0 Å². The Hall–Kier alpha value is -7.33. The molecule has 5 aromatic carbocycles. The van der Waals surface area contributed by atoms with Crippen LogP contribution in [-0.2, 0) is 95.9 Å². The predicted octanol–water partition coefficient (Wildman–Crippen LogP) is 10.8. The summed E-state index contributed by atoms with van der Waals surface area (Å²) in [6, 6.07) is 40.9. The number of nitrogens with zero attached hydrogens (tertiary/aromatic N) is 12. The van der Waals surface area contributed by atoms with E-state index in [1.807, 2.05) is 60.7 Å². The Labute approximate surface area is 756 Å². The molecule has 8 heterocycles. The molecule has 26 nitrogen and oxygen atoms in total. The van der Waals surface area contributed by atoms with Gasteiger partial charge in [0, 0.05) is 120 Å². The Morgan fingerprint density at radius 3 is 0.975 bits per heavy atom. The molecule has 0 bridgehead atoms.